The third-order valence-electron chi connectivity index (χ3n) is 3.01. The lowest BCUT2D eigenvalue weighted by molar-refractivity contribution is 0.102. The van der Waals surface area contributed by atoms with E-state index in [1.165, 1.54) is 18.0 Å². The molecule has 2 aromatic heterocycles. The van der Waals surface area contributed by atoms with E-state index in [-0.39, 0.29) is 16.6 Å². The molecular weight excluding hydrogens is 320 g/mol. The first-order valence-corrected chi connectivity index (χ1v) is 8.01. The summed E-state index contributed by atoms with van der Waals surface area (Å²) in [6, 6.07) is 9.25. The number of hydrogen-bond acceptors (Lipinski definition) is 5. The summed E-state index contributed by atoms with van der Waals surface area (Å²) in [6.45, 7) is 0. The van der Waals surface area contributed by atoms with E-state index in [1.54, 1.807) is 6.20 Å². The molecule has 1 aromatic carbocycles. The number of carbonyl (C=O) groups is 1. The molecule has 0 radical (unpaired) electrons. The van der Waals surface area contributed by atoms with Crippen molar-refractivity contribution in [2.24, 2.45) is 0 Å². The molecule has 1 amide bonds. The van der Waals surface area contributed by atoms with Crippen LogP contribution in [0.15, 0.2) is 47.9 Å². The van der Waals surface area contributed by atoms with Crippen molar-refractivity contribution >= 4 is 45.9 Å². The molecule has 2 heterocycles. The van der Waals surface area contributed by atoms with Crippen molar-refractivity contribution in [3.63, 3.8) is 0 Å². The molecule has 0 atom stereocenters. The zero-order valence-electron chi connectivity index (χ0n) is 11.6. The Morgan fingerprint density at radius 1 is 1.23 bits per heavy atom. The van der Waals surface area contributed by atoms with Gasteiger partial charge in [-0.2, -0.15) is 0 Å². The molecule has 0 bridgehead atoms. The average Bonchev–Trinajstić information content (AvgIpc) is 2.55. The molecule has 3 rings (SSSR count). The highest BCUT2D eigenvalue weighted by atomic mass is 35.5. The fourth-order valence-corrected chi connectivity index (χ4v) is 2.52. The highest BCUT2D eigenvalue weighted by Crippen LogP contribution is 2.23. The molecule has 1 N–H and O–H groups in total. The van der Waals surface area contributed by atoms with Crippen molar-refractivity contribution in [2.75, 3.05) is 11.6 Å². The Balaban J connectivity index is 1.97. The molecule has 0 saturated carbocycles. The number of nitrogens with zero attached hydrogens (tertiary/aromatic N) is 3. The Morgan fingerprint density at radius 3 is 2.91 bits per heavy atom. The number of carbonyl (C=O) groups excluding carboxylic acids is 1. The van der Waals surface area contributed by atoms with Crippen LogP contribution in [0.3, 0.4) is 0 Å². The molecule has 110 valence electrons. The predicted octanol–water partition coefficient (Wildman–Crippen LogP) is 3.65. The van der Waals surface area contributed by atoms with Crippen LogP contribution < -0.4 is 5.32 Å². The van der Waals surface area contributed by atoms with E-state index < -0.39 is 0 Å². The Morgan fingerprint density at radius 2 is 2.09 bits per heavy atom. The Labute approximate surface area is 136 Å². The molecule has 7 heteroatoms. The van der Waals surface area contributed by atoms with Gasteiger partial charge in [-0.3, -0.25) is 9.78 Å². The number of halogens is 1. The van der Waals surface area contributed by atoms with Gasteiger partial charge in [0.1, 0.15) is 0 Å². The topological polar surface area (TPSA) is 67.8 Å². The highest BCUT2D eigenvalue weighted by molar-refractivity contribution is 7.98. The first kappa shape index (κ1) is 14.7. The maximum Gasteiger partial charge on any atom is 0.275 e. The summed E-state index contributed by atoms with van der Waals surface area (Å²) in [6.07, 6.45) is 4.97. The fraction of sp³-hybridized carbons (Fsp3) is 0.0667. The van der Waals surface area contributed by atoms with E-state index in [1.807, 2.05) is 36.6 Å². The average molecular weight is 331 g/mol. The van der Waals surface area contributed by atoms with Crippen molar-refractivity contribution < 1.29 is 4.79 Å². The molecular formula is C15H11ClN4OS. The minimum absolute atomic E-state index is 0.155. The molecule has 5 nitrogen and oxygen atoms in total. The van der Waals surface area contributed by atoms with Crippen LogP contribution in [0, 0.1) is 0 Å². The maximum absolute atomic E-state index is 12.4. The van der Waals surface area contributed by atoms with E-state index in [0.717, 1.165) is 10.9 Å². The molecule has 0 fully saturated rings. The zero-order chi connectivity index (χ0) is 15.5. The number of aromatic nitrogens is 3. The van der Waals surface area contributed by atoms with Gasteiger partial charge in [0.15, 0.2) is 10.9 Å². The van der Waals surface area contributed by atoms with Gasteiger partial charge in [-0.05, 0) is 30.5 Å². The van der Waals surface area contributed by atoms with E-state index in [0.29, 0.717) is 10.8 Å². The van der Waals surface area contributed by atoms with E-state index >= 15 is 0 Å². The Kier molecular flexibility index (Phi) is 4.22. The van der Waals surface area contributed by atoms with Gasteiger partial charge in [-0.1, -0.05) is 29.4 Å². The van der Waals surface area contributed by atoms with Crippen LogP contribution in [0.2, 0.25) is 5.02 Å². The van der Waals surface area contributed by atoms with Gasteiger partial charge in [0.05, 0.1) is 22.4 Å². The lowest BCUT2D eigenvalue weighted by Gasteiger charge is -2.09. The smallest absolute Gasteiger partial charge is 0.275 e. The second kappa shape index (κ2) is 6.29. The largest absolute Gasteiger partial charge is 0.320 e. The van der Waals surface area contributed by atoms with Gasteiger partial charge >= 0.3 is 0 Å². The molecule has 0 spiro atoms. The molecule has 0 aliphatic heterocycles. The standard InChI is InChI=1S/C15H11ClN4OS/c1-22-15-18-8-10(16)13(20-15)14(21)19-12-6-2-5-11-9(12)4-3-7-17-11/h2-8H,1H3,(H,19,21). The monoisotopic (exact) mass is 330 g/mol. The third kappa shape index (κ3) is 2.88. The van der Waals surface area contributed by atoms with Gasteiger partial charge in [0, 0.05) is 11.6 Å². The summed E-state index contributed by atoms with van der Waals surface area (Å²) in [7, 11) is 0. The molecule has 0 aliphatic carbocycles. The quantitative estimate of drug-likeness (QED) is 0.586. The highest BCUT2D eigenvalue weighted by Gasteiger charge is 2.15. The van der Waals surface area contributed by atoms with Gasteiger partial charge in [0.2, 0.25) is 0 Å². The van der Waals surface area contributed by atoms with Gasteiger partial charge in [0.25, 0.3) is 5.91 Å². The predicted molar refractivity (Wildman–Crippen MR) is 88.5 cm³/mol. The summed E-state index contributed by atoms with van der Waals surface area (Å²) in [5.74, 6) is -0.376. The summed E-state index contributed by atoms with van der Waals surface area (Å²) in [5, 5.41) is 4.40. The lowest BCUT2D eigenvalue weighted by Crippen LogP contribution is -2.15. The summed E-state index contributed by atoms with van der Waals surface area (Å²) < 4.78 is 0. The number of rotatable bonds is 3. The number of nitrogens with one attached hydrogen (secondary N) is 1. The minimum atomic E-state index is -0.376. The van der Waals surface area contributed by atoms with Crippen LogP contribution >= 0.6 is 23.4 Å². The van der Waals surface area contributed by atoms with Gasteiger partial charge in [-0.25, -0.2) is 9.97 Å². The number of fused-ring (bicyclic) bond motifs is 1. The van der Waals surface area contributed by atoms with Crippen molar-refractivity contribution in [1.29, 1.82) is 0 Å². The number of anilines is 1. The summed E-state index contributed by atoms with van der Waals surface area (Å²) in [4.78, 5) is 24.9. The first-order valence-electron chi connectivity index (χ1n) is 6.40. The number of thioether (sulfide) groups is 1. The normalized spacial score (nSPS) is 10.6. The zero-order valence-corrected chi connectivity index (χ0v) is 13.1. The molecule has 22 heavy (non-hydrogen) atoms. The molecule has 3 aromatic rings. The maximum atomic E-state index is 12.4. The van der Waals surface area contributed by atoms with Crippen LogP contribution in [0.5, 0.6) is 0 Å². The van der Waals surface area contributed by atoms with Gasteiger partial charge < -0.3 is 5.32 Å². The van der Waals surface area contributed by atoms with Crippen molar-refractivity contribution in [3.8, 4) is 0 Å². The second-order valence-electron chi connectivity index (χ2n) is 4.38. The van der Waals surface area contributed by atoms with E-state index in [2.05, 4.69) is 20.3 Å². The van der Waals surface area contributed by atoms with E-state index in [9.17, 15) is 4.79 Å². The van der Waals surface area contributed by atoms with Crippen LogP contribution in [-0.2, 0) is 0 Å². The number of hydrogen-bond donors (Lipinski definition) is 1. The van der Waals surface area contributed by atoms with Crippen molar-refractivity contribution in [3.05, 3.63) is 53.4 Å². The summed E-state index contributed by atoms with van der Waals surface area (Å²) in [5.41, 5.74) is 1.62. The molecule has 0 saturated heterocycles. The van der Waals surface area contributed by atoms with Crippen LogP contribution in [0.25, 0.3) is 10.9 Å². The SMILES string of the molecule is CSc1ncc(Cl)c(C(=O)Nc2cccc3ncccc23)n1. The minimum Gasteiger partial charge on any atom is -0.320 e. The number of benzene rings is 1. The number of pyridine rings is 1. The van der Waals surface area contributed by atoms with Gasteiger partial charge in [-0.15, -0.1) is 0 Å². The first-order chi connectivity index (χ1) is 10.7. The molecule has 0 aliphatic rings. The van der Waals surface area contributed by atoms with Crippen LogP contribution in [-0.4, -0.2) is 27.1 Å². The molecule has 0 unspecified atom stereocenters. The van der Waals surface area contributed by atoms with Crippen molar-refractivity contribution in [1.82, 2.24) is 15.0 Å². The Bertz CT molecular complexity index is 851. The third-order valence-corrected chi connectivity index (χ3v) is 3.85. The van der Waals surface area contributed by atoms with E-state index in [4.69, 9.17) is 11.6 Å². The fourth-order valence-electron chi connectivity index (χ4n) is 2.00. The second-order valence-corrected chi connectivity index (χ2v) is 5.56. The lowest BCUT2D eigenvalue weighted by atomic mass is 10.2. The summed E-state index contributed by atoms with van der Waals surface area (Å²) >= 11 is 7.37. The number of amides is 1. The Hall–Kier alpha value is -2.18. The van der Waals surface area contributed by atoms with Crippen LogP contribution in [0.4, 0.5) is 5.69 Å². The van der Waals surface area contributed by atoms with Crippen LogP contribution in [0.1, 0.15) is 10.5 Å². The van der Waals surface area contributed by atoms with Crippen molar-refractivity contribution in [2.45, 2.75) is 5.16 Å².